The maximum atomic E-state index is 6.29. The Morgan fingerprint density at radius 1 is 1.58 bits per heavy atom. The van der Waals surface area contributed by atoms with Gasteiger partial charge in [0.2, 0.25) is 0 Å². The Hall–Kier alpha value is -0.620. The standard InChI is InChI=1S/C13H23ClN4O/c1-9-10(12(14)18(3)17-9)8-11(16-15)13(2)6-4-5-7-19-13/h11,16H,4-8,15H2,1-3H3. The number of nitrogens with one attached hydrogen (secondary N) is 1. The number of ether oxygens (including phenoxy) is 1. The van der Waals surface area contributed by atoms with Gasteiger partial charge in [-0.2, -0.15) is 5.10 Å². The van der Waals surface area contributed by atoms with E-state index in [9.17, 15) is 0 Å². The number of nitrogens with two attached hydrogens (primary N) is 1. The lowest BCUT2D eigenvalue weighted by Gasteiger charge is -2.40. The van der Waals surface area contributed by atoms with Gasteiger partial charge in [-0.3, -0.25) is 16.0 Å². The first-order valence-electron chi connectivity index (χ1n) is 6.76. The molecule has 0 aliphatic carbocycles. The number of aryl methyl sites for hydroxylation is 2. The molecule has 0 bridgehead atoms. The maximum absolute atomic E-state index is 6.29. The lowest BCUT2D eigenvalue weighted by atomic mass is 9.85. The molecule has 2 heterocycles. The van der Waals surface area contributed by atoms with Crippen LogP contribution < -0.4 is 11.3 Å². The first kappa shape index (κ1) is 14.8. The summed E-state index contributed by atoms with van der Waals surface area (Å²) in [6.07, 6.45) is 4.04. The number of aromatic nitrogens is 2. The van der Waals surface area contributed by atoms with Crippen LogP contribution in [-0.2, 0) is 18.2 Å². The molecule has 0 amide bonds. The maximum Gasteiger partial charge on any atom is 0.130 e. The molecular weight excluding hydrogens is 264 g/mol. The highest BCUT2D eigenvalue weighted by Crippen LogP contribution is 2.31. The smallest absolute Gasteiger partial charge is 0.130 e. The zero-order valence-corrected chi connectivity index (χ0v) is 12.6. The minimum atomic E-state index is -0.237. The van der Waals surface area contributed by atoms with Gasteiger partial charge in [0.05, 0.1) is 17.3 Å². The first-order chi connectivity index (χ1) is 8.98. The average molecular weight is 287 g/mol. The summed E-state index contributed by atoms with van der Waals surface area (Å²) in [7, 11) is 1.85. The number of rotatable bonds is 4. The van der Waals surface area contributed by atoms with Crippen molar-refractivity contribution < 1.29 is 4.74 Å². The van der Waals surface area contributed by atoms with Crippen molar-refractivity contribution in [3.63, 3.8) is 0 Å². The molecule has 1 saturated heterocycles. The zero-order valence-electron chi connectivity index (χ0n) is 11.9. The second-order valence-corrected chi connectivity index (χ2v) is 5.88. The minimum Gasteiger partial charge on any atom is -0.374 e. The predicted octanol–water partition coefficient (Wildman–Crippen LogP) is 1.72. The molecule has 1 fully saturated rings. The molecule has 5 nitrogen and oxygen atoms in total. The van der Waals surface area contributed by atoms with E-state index in [1.807, 2.05) is 14.0 Å². The van der Waals surface area contributed by atoms with Crippen LogP contribution in [0.25, 0.3) is 0 Å². The van der Waals surface area contributed by atoms with E-state index >= 15 is 0 Å². The van der Waals surface area contributed by atoms with E-state index in [1.165, 1.54) is 6.42 Å². The van der Waals surface area contributed by atoms with Gasteiger partial charge in [0.25, 0.3) is 0 Å². The largest absolute Gasteiger partial charge is 0.374 e. The first-order valence-corrected chi connectivity index (χ1v) is 7.14. The monoisotopic (exact) mass is 286 g/mol. The molecule has 108 valence electrons. The lowest BCUT2D eigenvalue weighted by Crippen LogP contribution is -2.55. The van der Waals surface area contributed by atoms with E-state index < -0.39 is 0 Å². The van der Waals surface area contributed by atoms with E-state index in [2.05, 4.69) is 17.4 Å². The van der Waals surface area contributed by atoms with Gasteiger partial charge in [-0.1, -0.05) is 11.6 Å². The van der Waals surface area contributed by atoms with Gasteiger partial charge in [-0.25, -0.2) is 0 Å². The van der Waals surface area contributed by atoms with Crippen molar-refractivity contribution in [3.8, 4) is 0 Å². The number of halogens is 1. The van der Waals surface area contributed by atoms with E-state index in [4.69, 9.17) is 22.2 Å². The Balaban J connectivity index is 2.18. The Kier molecular flexibility index (Phi) is 4.50. The van der Waals surface area contributed by atoms with Crippen LogP contribution >= 0.6 is 11.6 Å². The average Bonchev–Trinajstić information content (AvgIpc) is 2.62. The summed E-state index contributed by atoms with van der Waals surface area (Å²) in [6.45, 7) is 4.89. The fraction of sp³-hybridized carbons (Fsp3) is 0.769. The van der Waals surface area contributed by atoms with E-state index in [-0.39, 0.29) is 11.6 Å². The Morgan fingerprint density at radius 2 is 2.32 bits per heavy atom. The Labute approximate surface area is 119 Å². The fourth-order valence-corrected chi connectivity index (χ4v) is 3.04. The summed E-state index contributed by atoms with van der Waals surface area (Å²) in [4.78, 5) is 0. The molecular formula is C13H23ClN4O. The van der Waals surface area contributed by atoms with Crippen LogP contribution in [0.2, 0.25) is 5.15 Å². The zero-order chi connectivity index (χ0) is 14.0. The third-order valence-electron chi connectivity index (χ3n) is 4.12. The van der Waals surface area contributed by atoms with Crippen LogP contribution in [0.15, 0.2) is 0 Å². The second-order valence-electron chi connectivity index (χ2n) is 5.52. The fourth-order valence-electron chi connectivity index (χ4n) is 2.79. The topological polar surface area (TPSA) is 65.1 Å². The summed E-state index contributed by atoms with van der Waals surface area (Å²) in [5, 5.41) is 5.02. The third kappa shape index (κ3) is 2.94. The summed E-state index contributed by atoms with van der Waals surface area (Å²) in [5.74, 6) is 5.74. The summed E-state index contributed by atoms with van der Waals surface area (Å²) in [5.41, 5.74) is 4.66. The van der Waals surface area contributed by atoms with E-state index in [0.29, 0.717) is 5.15 Å². The number of hydrogen-bond donors (Lipinski definition) is 2. The number of hydrogen-bond acceptors (Lipinski definition) is 4. The quantitative estimate of drug-likeness (QED) is 0.653. The van der Waals surface area contributed by atoms with Gasteiger partial charge in [-0.15, -0.1) is 0 Å². The van der Waals surface area contributed by atoms with Gasteiger partial charge in [-0.05, 0) is 39.5 Å². The SMILES string of the molecule is Cc1nn(C)c(Cl)c1CC(NN)C1(C)CCCCO1. The highest BCUT2D eigenvalue weighted by molar-refractivity contribution is 6.30. The molecule has 2 rings (SSSR count). The van der Waals surface area contributed by atoms with Crippen LogP contribution in [0, 0.1) is 6.92 Å². The van der Waals surface area contributed by atoms with Crippen molar-refractivity contribution in [1.29, 1.82) is 0 Å². The van der Waals surface area contributed by atoms with E-state index in [1.54, 1.807) is 4.68 Å². The molecule has 19 heavy (non-hydrogen) atoms. The molecule has 2 unspecified atom stereocenters. The van der Waals surface area contributed by atoms with Crippen molar-refractivity contribution in [1.82, 2.24) is 15.2 Å². The van der Waals surface area contributed by atoms with Gasteiger partial charge in [0.15, 0.2) is 0 Å². The van der Waals surface area contributed by atoms with Gasteiger partial charge in [0, 0.05) is 19.2 Å². The predicted molar refractivity (Wildman–Crippen MR) is 76.0 cm³/mol. The van der Waals surface area contributed by atoms with E-state index in [0.717, 1.165) is 37.1 Å². The molecule has 1 aliphatic heterocycles. The Bertz CT molecular complexity index is 440. The summed E-state index contributed by atoms with van der Waals surface area (Å²) >= 11 is 6.29. The molecule has 3 N–H and O–H groups in total. The Morgan fingerprint density at radius 3 is 2.79 bits per heavy atom. The third-order valence-corrected chi connectivity index (χ3v) is 4.59. The molecule has 1 aromatic rings. The molecule has 6 heteroatoms. The van der Waals surface area contributed by atoms with Crippen molar-refractivity contribution >= 4 is 11.6 Å². The van der Waals surface area contributed by atoms with Crippen LogP contribution in [-0.4, -0.2) is 28.0 Å². The van der Waals surface area contributed by atoms with Crippen LogP contribution in [0.5, 0.6) is 0 Å². The normalized spacial score (nSPS) is 25.5. The minimum absolute atomic E-state index is 0.0354. The molecule has 0 spiro atoms. The molecule has 1 aromatic heterocycles. The van der Waals surface area contributed by atoms with Crippen molar-refractivity contribution in [2.24, 2.45) is 12.9 Å². The van der Waals surface area contributed by atoms with Gasteiger partial charge >= 0.3 is 0 Å². The highest BCUT2D eigenvalue weighted by atomic mass is 35.5. The van der Waals surface area contributed by atoms with Crippen LogP contribution in [0.3, 0.4) is 0 Å². The molecule has 0 saturated carbocycles. The van der Waals surface area contributed by atoms with Gasteiger partial charge in [0.1, 0.15) is 5.15 Å². The molecule has 2 atom stereocenters. The van der Waals surface area contributed by atoms with Crippen molar-refractivity contribution in [2.45, 2.75) is 51.2 Å². The van der Waals surface area contributed by atoms with Crippen molar-refractivity contribution in [2.75, 3.05) is 6.61 Å². The summed E-state index contributed by atoms with van der Waals surface area (Å²) < 4.78 is 7.66. The lowest BCUT2D eigenvalue weighted by molar-refractivity contribution is -0.0884. The molecule has 1 aliphatic rings. The second kappa shape index (κ2) is 5.79. The molecule has 0 aromatic carbocycles. The number of hydrazine groups is 1. The molecule has 0 radical (unpaired) electrons. The number of nitrogens with zero attached hydrogens (tertiary/aromatic N) is 2. The highest BCUT2D eigenvalue weighted by Gasteiger charge is 2.37. The van der Waals surface area contributed by atoms with Gasteiger partial charge < -0.3 is 4.74 Å². The van der Waals surface area contributed by atoms with Crippen LogP contribution in [0.1, 0.15) is 37.4 Å². The summed E-state index contributed by atoms with van der Waals surface area (Å²) in [6, 6.07) is 0.0354. The van der Waals surface area contributed by atoms with Crippen molar-refractivity contribution in [3.05, 3.63) is 16.4 Å². The van der Waals surface area contributed by atoms with Crippen LogP contribution in [0.4, 0.5) is 0 Å².